The first-order valence-corrected chi connectivity index (χ1v) is 11.2. The molecule has 0 N–H and O–H groups in total. The third kappa shape index (κ3) is 6.78. The van der Waals surface area contributed by atoms with E-state index in [4.69, 9.17) is 0 Å². The minimum absolute atomic E-state index is 0.538. The predicted molar refractivity (Wildman–Crippen MR) is 128 cm³/mol. The van der Waals surface area contributed by atoms with Crippen LogP contribution < -0.4 is 0 Å². The fourth-order valence-corrected chi connectivity index (χ4v) is 3.56. The van der Waals surface area contributed by atoms with Crippen LogP contribution in [0.4, 0.5) is 0 Å². The molecule has 28 heavy (non-hydrogen) atoms. The Hall–Kier alpha value is -1.60. The van der Waals surface area contributed by atoms with Gasteiger partial charge in [0.05, 0.1) is 0 Å². The lowest BCUT2D eigenvalue weighted by Crippen LogP contribution is -2.21. The first kappa shape index (κ1) is 24.4. The van der Waals surface area contributed by atoms with E-state index in [1.807, 2.05) is 0 Å². The molecule has 0 atom stereocenters. The third-order valence-electron chi connectivity index (χ3n) is 5.54. The molecule has 0 aliphatic heterocycles. The van der Waals surface area contributed by atoms with Gasteiger partial charge in [0.2, 0.25) is 0 Å². The SMILES string of the molecule is CC(C)c1cc(C(C)C)c(-c2ccccc2)c(C(C)C)c1.CCN(CC)CC. The van der Waals surface area contributed by atoms with Gasteiger partial charge >= 0.3 is 0 Å². The number of hydrogen-bond donors (Lipinski definition) is 0. The summed E-state index contributed by atoms with van der Waals surface area (Å²) in [5, 5.41) is 0. The van der Waals surface area contributed by atoms with Crippen LogP contribution in [0, 0.1) is 0 Å². The van der Waals surface area contributed by atoms with E-state index in [1.165, 1.54) is 47.5 Å². The monoisotopic (exact) mass is 381 g/mol. The van der Waals surface area contributed by atoms with Gasteiger partial charge < -0.3 is 4.90 Å². The first-order chi connectivity index (χ1) is 13.3. The molecule has 0 fully saturated rings. The summed E-state index contributed by atoms with van der Waals surface area (Å²) < 4.78 is 0. The van der Waals surface area contributed by atoms with Crippen LogP contribution in [0.25, 0.3) is 11.1 Å². The van der Waals surface area contributed by atoms with Crippen molar-refractivity contribution >= 4 is 0 Å². The summed E-state index contributed by atoms with van der Waals surface area (Å²) >= 11 is 0. The van der Waals surface area contributed by atoms with Crippen molar-refractivity contribution in [2.45, 2.75) is 80.1 Å². The summed E-state index contributed by atoms with van der Waals surface area (Å²) in [6, 6.07) is 15.7. The van der Waals surface area contributed by atoms with Gasteiger partial charge in [0.1, 0.15) is 0 Å². The number of nitrogens with zero attached hydrogens (tertiary/aromatic N) is 1. The quantitative estimate of drug-likeness (QED) is 0.468. The normalized spacial score (nSPS) is 11.3. The maximum absolute atomic E-state index is 2.42. The molecule has 2 rings (SSSR count). The van der Waals surface area contributed by atoms with E-state index < -0.39 is 0 Å². The number of benzene rings is 2. The molecule has 2 aromatic rings. The summed E-state index contributed by atoms with van der Waals surface area (Å²) in [5.41, 5.74) is 7.22. The minimum atomic E-state index is 0.538. The van der Waals surface area contributed by atoms with Crippen LogP contribution in [-0.4, -0.2) is 24.5 Å². The molecule has 0 saturated carbocycles. The van der Waals surface area contributed by atoms with E-state index >= 15 is 0 Å². The maximum Gasteiger partial charge on any atom is -0.00474 e. The van der Waals surface area contributed by atoms with Gasteiger partial charge in [-0.05, 0) is 65.2 Å². The molecule has 0 aliphatic rings. The fourth-order valence-electron chi connectivity index (χ4n) is 3.56. The molecule has 0 radical (unpaired) electrons. The van der Waals surface area contributed by atoms with Gasteiger partial charge in [-0.15, -0.1) is 0 Å². The lowest BCUT2D eigenvalue weighted by Gasteiger charge is -2.23. The molecule has 0 aliphatic carbocycles. The van der Waals surface area contributed by atoms with Gasteiger partial charge in [0.25, 0.3) is 0 Å². The van der Waals surface area contributed by atoms with Crippen molar-refractivity contribution in [2.75, 3.05) is 19.6 Å². The Kier molecular flexibility index (Phi) is 10.5. The molecule has 0 saturated heterocycles. The van der Waals surface area contributed by atoms with Crippen LogP contribution in [-0.2, 0) is 0 Å². The Morgan fingerprint density at radius 2 is 1.07 bits per heavy atom. The van der Waals surface area contributed by atoms with E-state index in [1.54, 1.807) is 0 Å². The van der Waals surface area contributed by atoms with Gasteiger partial charge in [0.15, 0.2) is 0 Å². The Bertz CT molecular complexity index is 644. The van der Waals surface area contributed by atoms with E-state index in [-0.39, 0.29) is 0 Å². The van der Waals surface area contributed by atoms with Crippen LogP contribution in [0.5, 0.6) is 0 Å². The second-order valence-corrected chi connectivity index (χ2v) is 8.52. The maximum atomic E-state index is 2.42. The summed E-state index contributed by atoms with van der Waals surface area (Å²) in [4.78, 5) is 2.38. The van der Waals surface area contributed by atoms with Crippen LogP contribution in [0.15, 0.2) is 42.5 Å². The van der Waals surface area contributed by atoms with E-state index in [0.29, 0.717) is 17.8 Å². The molecule has 0 unspecified atom stereocenters. The van der Waals surface area contributed by atoms with Crippen molar-refractivity contribution in [3.8, 4) is 11.1 Å². The Morgan fingerprint density at radius 1 is 0.643 bits per heavy atom. The van der Waals surface area contributed by atoms with Gasteiger partial charge in [-0.2, -0.15) is 0 Å². The number of hydrogen-bond acceptors (Lipinski definition) is 1. The first-order valence-electron chi connectivity index (χ1n) is 11.2. The van der Waals surface area contributed by atoms with Crippen LogP contribution in [0.3, 0.4) is 0 Å². The minimum Gasteiger partial charge on any atom is -0.304 e. The topological polar surface area (TPSA) is 3.24 Å². The zero-order valence-electron chi connectivity index (χ0n) is 19.8. The van der Waals surface area contributed by atoms with Gasteiger partial charge in [-0.3, -0.25) is 0 Å². The van der Waals surface area contributed by atoms with Gasteiger partial charge in [-0.25, -0.2) is 0 Å². The Morgan fingerprint density at radius 3 is 1.36 bits per heavy atom. The van der Waals surface area contributed by atoms with E-state index in [2.05, 4.69) is 110 Å². The van der Waals surface area contributed by atoms with E-state index in [9.17, 15) is 0 Å². The molecule has 1 nitrogen and oxygen atoms in total. The second kappa shape index (κ2) is 12.1. The van der Waals surface area contributed by atoms with Crippen LogP contribution in [0.2, 0.25) is 0 Å². The van der Waals surface area contributed by atoms with Crippen molar-refractivity contribution < 1.29 is 0 Å². The molecule has 0 spiro atoms. The molecular weight excluding hydrogens is 338 g/mol. The summed E-state index contributed by atoms with van der Waals surface area (Å²) in [6.07, 6.45) is 0. The lowest BCUT2D eigenvalue weighted by atomic mass is 9.82. The zero-order valence-corrected chi connectivity index (χ0v) is 19.8. The molecule has 2 aromatic carbocycles. The molecule has 156 valence electrons. The van der Waals surface area contributed by atoms with Crippen molar-refractivity contribution in [3.05, 3.63) is 59.2 Å². The summed E-state index contributed by atoms with van der Waals surface area (Å²) in [7, 11) is 0. The highest BCUT2D eigenvalue weighted by Gasteiger charge is 2.18. The lowest BCUT2D eigenvalue weighted by molar-refractivity contribution is 0.321. The van der Waals surface area contributed by atoms with Crippen LogP contribution >= 0.6 is 0 Å². The Balaban J connectivity index is 0.000000480. The van der Waals surface area contributed by atoms with Crippen LogP contribution in [0.1, 0.15) is 96.8 Å². The molecule has 0 amide bonds. The molecule has 0 bridgehead atoms. The van der Waals surface area contributed by atoms with Gasteiger partial charge in [-0.1, -0.05) is 105 Å². The van der Waals surface area contributed by atoms with Gasteiger partial charge in [0, 0.05) is 0 Å². The highest BCUT2D eigenvalue weighted by atomic mass is 15.1. The van der Waals surface area contributed by atoms with Crippen molar-refractivity contribution in [3.63, 3.8) is 0 Å². The smallest absolute Gasteiger partial charge is 0.00474 e. The van der Waals surface area contributed by atoms with Crippen molar-refractivity contribution in [1.82, 2.24) is 4.90 Å². The summed E-state index contributed by atoms with van der Waals surface area (Å²) in [5.74, 6) is 1.65. The number of rotatable bonds is 7. The third-order valence-corrected chi connectivity index (χ3v) is 5.54. The fraction of sp³-hybridized carbons (Fsp3) is 0.556. The predicted octanol–water partition coefficient (Wildman–Crippen LogP) is 8.07. The molecule has 0 heterocycles. The average Bonchev–Trinajstić information content (AvgIpc) is 2.69. The Labute approximate surface area is 175 Å². The highest BCUT2D eigenvalue weighted by molar-refractivity contribution is 5.73. The standard InChI is InChI=1S/C21H28.C6H15N/c1-14(2)18-12-19(15(3)4)21(20(13-18)16(5)6)17-10-8-7-9-11-17;1-4-7(5-2)6-3/h7-16H,1-6H3;4-6H2,1-3H3. The molecule has 1 heteroatoms. The average molecular weight is 382 g/mol. The van der Waals surface area contributed by atoms with E-state index in [0.717, 1.165) is 0 Å². The van der Waals surface area contributed by atoms with Crippen molar-refractivity contribution in [1.29, 1.82) is 0 Å². The highest BCUT2D eigenvalue weighted by Crippen LogP contribution is 2.38. The van der Waals surface area contributed by atoms with Crippen molar-refractivity contribution in [2.24, 2.45) is 0 Å². The largest absolute Gasteiger partial charge is 0.304 e. The second-order valence-electron chi connectivity index (χ2n) is 8.52. The summed E-state index contributed by atoms with van der Waals surface area (Å²) in [6.45, 7) is 23.9. The molecular formula is C27H43N. The molecule has 0 aromatic heterocycles. The zero-order chi connectivity index (χ0) is 21.3.